The Labute approximate surface area is 289 Å². The molecule has 48 heavy (non-hydrogen) atoms. The fourth-order valence-corrected chi connectivity index (χ4v) is 7.24. The molecule has 3 fully saturated rings. The van der Waals surface area contributed by atoms with Crippen LogP contribution in [0.15, 0.2) is 48.5 Å². The summed E-state index contributed by atoms with van der Waals surface area (Å²) >= 11 is 0. The van der Waals surface area contributed by atoms with E-state index in [0.717, 1.165) is 25.7 Å². The van der Waals surface area contributed by atoms with Crippen LogP contribution in [0.3, 0.4) is 0 Å². The molecule has 2 aromatic rings. The number of carboxylic acid groups (broad SMARTS) is 2. The first-order valence-corrected chi connectivity index (χ1v) is 18.4. The third kappa shape index (κ3) is 11.4. The van der Waals surface area contributed by atoms with E-state index in [9.17, 15) is 29.4 Å². The molecule has 264 valence electrons. The molecule has 0 radical (unpaired) electrons. The average molecular weight is 661 g/mol. The second-order valence-corrected chi connectivity index (χ2v) is 16.2. The second-order valence-electron chi connectivity index (χ2n) is 16.2. The molecule has 2 aromatic carbocycles. The molecular weight excluding hydrogens is 600 g/mol. The topological polar surface area (TPSA) is 109 Å². The van der Waals surface area contributed by atoms with E-state index in [1.165, 1.54) is 49.7 Å². The molecule has 6 nitrogen and oxygen atoms in total. The van der Waals surface area contributed by atoms with Gasteiger partial charge in [-0.2, -0.15) is 0 Å². The molecule has 3 aliphatic rings. The van der Waals surface area contributed by atoms with Gasteiger partial charge in [0.25, 0.3) is 0 Å². The summed E-state index contributed by atoms with van der Waals surface area (Å²) in [7, 11) is 0. The smallest absolute Gasteiger partial charge is 0.307 e. The van der Waals surface area contributed by atoms with Crippen LogP contribution in [0, 0.1) is 23.7 Å². The van der Waals surface area contributed by atoms with E-state index >= 15 is 0 Å². The molecule has 4 unspecified atom stereocenters. The van der Waals surface area contributed by atoms with Crippen molar-refractivity contribution in [2.24, 2.45) is 23.7 Å². The SMILES string of the molecule is C1CCCCC1.CC(C)(C)c1ccc(C(=O)C2CCCCC2C(=O)O)cc1.CC(C)(C)c1ccc(C(=O)C2CCCCC2C(=O)O)cc1. The lowest BCUT2D eigenvalue weighted by atomic mass is 9.75. The maximum absolute atomic E-state index is 12.6. The van der Waals surface area contributed by atoms with Crippen LogP contribution in [0.2, 0.25) is 0 Å². The third-order valence-electron chi connectivity index (χ3n) is 10.4. The summed E-state index contributed by atoms with van der Waals surface area (Å²) in [6.45, 7) is 12.8. The number of aliphatic carboxylic acids is 2. The molecule has 5 rings (SSSR count). The lowest BCUT2D eigenvalue weighted by molar-refractivity contribution is -0.145. The fraction of sp³-hybridized carbons (Fsp3) is 0.619. The highest BCUT2D eigenvalue weighted by molar-refractivity contribution is 6.00. The number of hydrogen-bond acceptors (Lipinski definition) is 4. The Kier molecular flexibility index (Phi) is 14.6. The predicted molar refractivity (Wildman–Crippen MR) is 193 cm³/mol. The van der Waals surface area contributed by atoms with Gasteiger partial charge in [0, 0.05) is 23.0 Å². The number of rotatable bonds is 6. The van der Waals surface area contributed by atoms with Crippen LogP contribution in [0.4, 0.5) is 0 Å². The molecule has 2 N–H and O–H groups in total. The van der Waals surface area contributed by atoms with Gasteiger partial charge in [0.1, 0.15) is 0 Å². The van der Waals surface area contributed by atoms with E-state index < -0.39 is 23.8 Å². The van der Waals surface area contributed by atoms with Crippen molar-refractivity contribution >= 4 is 23.5 Å². The summed E-state index contributed by atoms with van der Waals surface area (Å²) in [5.41, 5.74) is 3.74. The average Bonchev–Trinajstić information content (AvgIpc) is 3.08. The van der Waals surface area contributed by atoms with Crippen LogP contribution in [0.1, 0.15) is 163 Å². The summed E-state index contributed by atoms with van der Waals surface area (Å²) < 4.78 is 0. The number of Topliss-reactive ketones (excluding diaryl/α,β-unsaturated/α-hetero) is 2. The lowest BCUT2D eigenvalue weighted by Gasteiger charge is -2.27. The molecule has 3 aliphatic carbocycles. The normalized spacial score (nSPS) is 23.0. The minimum absolute atomic E-state index is 0.0115. The molecule has 0 spiro atoms. The summed E-state index contributed by atoms with van der Waals surface area (Å²) in [5.74, 6) is -3.46. The number of carboxylic acids is 2. The molecule has 0 amide bonds. The van der Waals surface area contributed by atoms with Crippen LogP contribution in [-0.2, 0) is 20.4 Å². The first-order chi connectivity index (χ1) is 22.6. The maximum Gasteiger partial charge on any atom is 0.307 e. The Morgan fingerprint density at radius 3 is 0.917 bits per heavy atom. The lowest BCUT2D eigenvalue weighted by Crippen LogP contribution is -2.32. The van der Waals surface area contributed by atoms with Crippen LogP contribution in [-0.4, -0.2) is 33.7 Å². The molecular formula is C42H60O6. The highest BCUT2D eigenvalue weighted by Crippen LogP contribution is 2.35. The summed E-state index contributed by atoms with van der Waals surface area (Å²) in [4.78, 5) is 47.9. The number of benzene rings is 2. The standard InChI is InChI=1S/2C18H24O3.C6H12/c2*1-18(2,3)13-10-8-12(9-11-13)16(19)14-6-4-5-7-15(14)17(20)21;1-2-4-6-5-3-1/h2*8-11,14-15H,4-7H2,1-3H3,(H,20,21);1-6H2. The zero-order valence-electron chi connectivity index (χ0n) is 30.4. The molecule has 3 saturated carbocycles. The van der Waals surface area contributed by atoms with E-state index in [0.29, 0.717) is 36.8 Å². The van der Waals surface area contributed by atoms with Gasteiger partial charge >= 0.3 is 11.9 Å². The van der Waals surface area contributed by atoms with Gasteiger partial charge in [-0.05, 0) is 47.6 Å². The van der Waals surface area contributed by atoms with Crippen molar-refractivity contribution in [3.63, 3.8) is 0 Å². The van der Waals surface area contributed by atoms with Crippen LogP contribution >= 0.6 is 0 Å². The summed E-state index contributed by atoms with van der Waals surface area (Å²) in [5, 5.41) is 18.6. The quantitative estimate of drug-likeness (QED) is 0.299. The summed E-state index contributed by atoms with van der Waals surface area (Å²) in [6.07, 6.45) is 15.3. The Hall–Kier alpha value is -3.28. The van der Waals surface area contributed by atoms with Crippen LogP contribution < -0.4 is 0 Å². The summed E-state index contributed by atoms with van der Waals surface area (Å²) in [6, 6.07) is 15.3. The Morgan fingerprint density at radius 2 is 0.688 bits per heavy atom. The van der Waals surface area contributed by atoms with E-state index in [2.05, 4.69) is 41.5 Å². The Morgan fingerprint density at radius 1 is 0.438 bits per heavy atom. The van der Waals surface area contributed by atoms with Gasteiger partial charge in [0.15, 0.2) is 11.6 Å². The second kappa shape index (κ2) is 17.9. The molecule has 0 aliphatic heterocycles. The molecule has 6 heteroatoms. The van der Waals surface area contributed by atoms with Gasteiger partial charge < -0.3 is 10.2 Å². The van der Waals surface area contributed by atoms with Crippen molar-refractivity contribution < 1.29 is 29.4 Å². The van der Waals surface area contributed by atoms with E-state index in [1.807, 2.05) is 48.5 Å². The Bertz CT molecular complexity index is 1230. The Balaban J connectivity index is 0.000000222. The number of ketones is 2. The minimum Gasteiger partial charge on any atom is -0.481 e. The molecule has 0 bridgehead atoms. The van der Waals surface area contributed by atoms with Crippen molar-refractivity contribution in [3.8, 4) is 0 Å². The largest absolute Gasteiger partial charge is 0.481 e. The van der Waals surface area contributed by atoms with Gasteiger partial charge in [0.05, 0.1) is 11.8 Å². The number of carbonyl (C=O) groups excluding carboxylic acids is 2. The van der Waals surface area contributed by atoms with Gasteiger partial charge in [-0.15, -0.1) is 0 Å². The van der Waals surface area contributed by atoms with Crippen molar-refractivity contribution in [1.82, 2.24) is 0 Å². The van der Waals surface area contributed by atoms with Crippen LogP contribution in [0.5, 0.6) is 0 Å². The van der Waals surface area contributed by atoms with E-state index in [-0.39, 0.29) is 34.2 Å². The first-order valence-electron chi connectivity index (χ1n) is 18.4. The predicted octanol–water partition coefficient (Wildman–Crippen LogP) is 10.5. The van der Waals surface area contributed by atoms with Gasteiger partial charge in [-0.3, -0.25) is 19.2 Å². The highest BCUT2D eigenvalue weighted by atomic mass is 16.4. The molecule has 4 atom stereocenters. The van der Waals surface area contributed by atoms with E-state index in [4.69, 9.17) is 0 Å². The van der Waals surface area contributed by atoms with E-state index in [1.54, 1.807) is 0 Å². The number of carbonyl (C=O) groups is 4. The van der Waals surface area contributed by atoms with Crippen molar-refractivity contribution in [2.75, 3.05) is 0 Å². The number of hydrogen-bond donors (Lipinski definition) is 2. The fourth-order valence-electron chi connectivity index (χ4n) is 7.24. The minimum atomic E-state index is -0.834. The zero-order chi connectivity index (χ0) is 35.5. The molecule has 0 saturated heterocycles. The highest BCUT2D eigenvalue weighted by Gasteiger charge is 2.37. The van der Waals surface area contributed by atoms with Gasteiger partial charge in [-0.1, -0.05) is 154 Å². The van der Waals surface area contributed by atoms with Crippen molar-refractivity contribution in [2.45, 2.75) is 142 Å². The third-order valence-corrected chi connectivity index (χ3v) is 10.4. The molecule has 0 aromatic heterocycles. The maximum atomic E-state index is 12.6. The molecule has 0 heterocycles. The van der Waals surface area contributed by atoms with Crippen molar-refractivity contribution in [3.05, 3.63) is 70.8 Å². The van der Waals surface area contributed by atoms with Gasteiger partial charge in [0.2, 0.25) is 0 Å². The van der Waals surface area contributed by atoms with Crippen LogP contribution in [0.25, 0.3) is 0 Å². The zero-order valence-corrected chi connectivity index (χ0v) is 30.4. The van der Waals surface area contributed by atoms with Gasteiger partial charge in [-0.25, -0.2) is 0 Å². The first kappa shape index (κ1) is 39.2. The van der Waals surface area contributed by atoms with Crippen molar-refractivity contribution in [1.29, 1.82) is 0 Å². The monoisotopic (exact) mass is 660 g/mol.